The van der Waals surface area contributed by atoms with Crippen LogP contribution in [0.4, 0.5) is 5.95 Å². The first-order valence-corrected chi connectivity index (χ1v) is 9.25. The van der Waals surface area contributed by atoms with Crippen molar-refractivity contribution in [2.24, 2.45) is 0 Å². The van der Waals surface area contributed by atoms with Crippen molar-refractivity contribution in [2.45, 2.75) is 38.1 Å². The summed E-state index contributed by atoms with van der Waals surface area (Å²) >= 11 is 0. The topological polar surface area (TPSA) is 65.1 Å². The van der Waals surface area contributed by atoms with Gasteiger partial charge >= 0.3 is 0 Å². The Morgan fingerprint density at radius 1 is 1.08 bits per heavy atom. The maximum absolute atomic E-state index is 12.1. The predicted molar refractivity (Wildman–Crippen MR) is 97.8 cm³/mol. The molecule has 2 fully saturated rings. The van der Waals surface area contributed by atoms with Gasteiger partial charge in [0.2, 0.25) is 5.95 Å². The molecule has 2 aromatic rings. The number of aromatic amines is 1. The molecule has 25 heavy (non-hydrogen) atoms. The lowest BCUT2D eigenvalue weighted by Crippen LogP contribution is -2.33. The standard InChI is InChI=1S/C19H25N5O/c25-18-13-17(21-19(22-18)24-9-1-2-10-24)16-5-11-23(12-6-16)14-15-3-7-20-8-4-15/h3-4,7-8,13,16H,1-2,5-6,9-12,14H2,(H,21,22,25). The van der Waals surface area contributed by atoms with Crippen LogP contribution in [0, 0.1) is 0 Å². The van der Waals surface area contributed by atoms with Gasteiger partial charge in [-0.05, 0) is 56.5 Å². The van der Waals surface area contributed by atoms with Crippen molar-refractivity contribution in [3.05, 3.63) is 52.2 Å². The third kappa shape index (κ3) is 3.90. The first-order chi connectivity index (χ1) is 12.3. The second kappa shape index (κ2) is 7.35. The number of piperidine rings is 1. The van der Waals surface area contributed by atoms with Gasteiger partial charge < -0.3 is 4.90 Å². The average Bonchev–Trinajstić information content (AvgIpc) is 3.17. The second-order valence-electron chi connectivity index (χ2n) is 7.09. The molecule has 0 saturated carbocycles. The third-order valence-corrected chi connectivity index (χ3v) is 5.32. The monoisotopic (exact) mass is 339 g/mol. The van der Waals surface area contributed by atoms with Crippen molar-refractivity contribution < 1.29 is 0 Å². The highest BCUT2D eigenvalue weighted by atomic mass is 16.1. The van der Waals surface area contributed by atoms with Crippen LogP contribution in [0.25, 0.3) is 0 Å². The molecule has 132 valence electrons. The molecule has 0 aliphatic carbocycles. The van der Waals surface area contributed by atoms with Crippen molar-refractivity contribution in [1.29, 1.82) is 0 Å². The summed E-state index contributed by atoms with van der Waals surface area (Å²) in [5.74, 6) is 1.15. The van der Waals surface area contributed by atoms with E-state index in [4.69, 9.17) is 4.98 Å². The van der Waals surface area contributed by atoms with Gasteiger partial charge in [0.05, 0.1) is 5.69 Å². The molecule has 2 aromatic heterocycles. The number of pyridine rings is 1. The summed E-state index contributed by atoms with van der Waals surface area (Å²) < 4.78 is 0. The Labute approximate surface area is 147 Å². The van der Waals surface area contributed by atoms with Gasteiger partial charge in [0, 0.05) is 44.0 Å². The van der Waals surface area contributed by atoms with Gasteiger partial charge in [0.25, 0.3) is 5.56 Å². The summed E-state index contributed by atoms with van der Waals surface area (Å²) in [6.07, 6.45) is 8.18. The zero-order chi connectivity index (χ0) is 17.1. The number of rotatable bonds is 4. The van der Waals surface area contributed by atoms with Gasteiger partial charge in [-0.25, -0.2) is 4.98 Å². The van der Waals surface area contributed by atoms with Crippen molar-refractivity contribution in [3.8, 4) is 0 Å². The largest absolute Gasteiger partial charge is 0.342 e. The Bertz CT molecular complexity index is 746. The number of H-pyrrole nitrogens is 1. The van der Waals surface area contributed by atoms with Crippen LogP contribution >= 0.6 is 0 Å². The van der Waals surface area contributed by atoms with E-state index in [9.17, 15) is 4.79 Å². The number of likely N-dealkylation sites (tertiary alicyclic amines) is 1. The highest BCUT2D eigenvalue weighted by Gasteiger charge is 2.23. The van der Waals surface area contributed by atoms with Crippen molar-refractivity contribution in [2.75, 3.05) is 31.1 Å². The molecule has 6 heteroatoms. The highest BCUT2D eigenvalue weighted by Crippen LogP contribution is 2.28. The fourth-order valence-electron chi connectivity index (χ4n) is 3.88. The van der Waals surface area contributed by atoms with Crippen LogP contribution in [0.1, 0.15) is 42.9 Å². The molecule has 0 radical (unpaired) electrons. The van der Waals surface area contributed by atoms with Crippen LogP contribution in [-0.2, 0) is 6.54 Å². The molecule has 0 aromatic carbocycles. The summed E-state index contributed by atoms with van der Waals surface area (Å²) in [5, 5.41) is 0. The second-order valence-corrected chi connectivity index (χ2v) is 7.09. The molecule has 0 atom stereocenters. The molecule has 0 spiro atoms. The summed E-state index contributed by atoms with van der Waals surface area (Å²) in [7, 11) is 0. The SMILES string of the molecule is O=c1cc(C2CCN(Cc3ccncc3)CC2)nc(N2CCCC2)[nH]1. The molecule has 2 saturated heterocycles. The smallest absolute Gasteiger partial charge is 0.252 e. The van der Waals surface area contributed by atoms with Crippen molar-refractivity contribution in [1.82, 2.24) is 19.9 Å². The predicted octanol–water partition coefficient (Wildman–Crippen LogP) is 2.14. The van der Waals surface area contributed by atoms with E-state index in [0.717, 1.165) is 57.2 Å². The molecule has 0 bridgehead atoms. The van der Waals surface area contributed by atoms with E-state index in [0.29, 0.717) is 5.92 Å². The van der Waals surface area contributed by atoms with Gasteiger partial charge in [-0.1, -0.05) is 0 Å². The number of anilines is 1. The van der Waals surface area contributed by atoms with Crippen LogP contribution in [0.2, 0.25) is 0 Å². The van der Waals surface area contributed by atoms with E-state index in [1.165, 1.54) is 18.4 Å². The molecule has 4 heterocycles. The number of hydrogen-bond donors (Lipinski definition) is 1. The van der Waals surface area contributed by atoms with Crippen LogP contribution in [-0.4, -0.2) is 46.0 Å². The van der Waals surface area contributed by atoms with E-state index in [2.05, 4.69) is 31.9 Å². The lowest BCUT2D eigenvalue weighted by atomic mass is 9.93. The molecule has 6 nitrogen and oxygen atoms in total. The van der Waals surface area contributed by atoms with Crippen LogP contribution < -0.4 is 10.5 Å². The number of nitrogens with zero attached hydrogens (tertiary/aromatic N) is 4. The van der Waals surface area contributed by atoms with Crippen molar-refractivity contribution in [3.63, 3.8) is 0 Å². The minimum Gasteiger partial charge on any atom is -0.342 e. The van der Waals surface area contributed by atoms with Crippen LogP contribution in [0.3, 0.4) is 0 Å². The Morgan fingerprint density at radius 3 is 2.52 bits per heavy atom. The number of nitrogens with one attached hydrogen (secondary N) is 1. The van der Waals surface area contributed by atoms with E-state index in [1.807, 2.05) is 12.4 Å². The van der Waals surface area contributed by atoms with E-state index in [-0.39, 0.29) is 5.56 Å². The van der Waals surface area contributed by atoms with Gasteiger partial charge in [0.1, 0.15) is 0 Å². The van der Waals surface area contributed by atoms with E-state index < -0.39 is 0 Å². The molecular weight excluding hydrogens is 314 g/mol. The van der Waals surface area contributed by atoms with Gasteiger partial charge in [0.15, 0.2) is 0 Å². The zero-order valence-electron chi connectivity index (χ0n) is 14.5. The molecule has 2 aliphatic heterocycles. The first-order valence-electron chi connectivity index (χ1n) is 9.25. The van der Waals surface area contributed by atoms with Gasteiger partial charge in [-0.2, -0.15) is 0 Å². The van der Waals surface area contributed by atoms with E-state index in [1.54, 1.807) is 6.07 Å². The molecule has 0 amide bonds. The fourth-order valence-corrected chi connectivity index (χ4v) is 3.88. The van der Waals surface area contributed by atoms with Crippen LogP contribution in [0.15, 0.2) is 35.4 Å². The molecular formula is C19H25N5O. The Hall–Kier alpha value is -2.21. The normalized spacial score (nSPS) is 19.4. The average molecular weight is 339 g/mol. The first kappa shape index (κ1) is 16.3. The number of aromatic nitrogens is 3. The maximum Gasteiger partial charge on any atom is 0.252 e. The maximum atomic E-state index is 12.1. The minimum absolute atomic E-state index is 0.0221. The Morgan fingerprint density at radius 2 is 1.80 bits per heavy atom. The number of hydrogen-bond acceptors (Lipinski definition) is 5. The van der Waals surface area contributed by atoms with Crippen molar-refractivity contribution >= 4 is 5.95 Å². The quantitative estimate of drug-likeness (QED) is 0.924. The molecule has 0 unspecified atom stereocenters. The van der Waals surface area contributed by atoms with Gasteiger partial charge in [-0.3, -0.25) is 19.7 Å². The Balaban J connectivity index is 1.41. The third-order valence-electron chi connectivity index (χ3n) is 5.32. The fraction of sp³-hybridized carbons (Fsp3) is 0.526. The highest BCUT2D eigenvalue weighted by molar-refractivity contribution is 5.32. The van der Waals surface area contributed by atoms with E-state index >= 15 is 0 Å². The zero-order valence-corrected chi connectivity index (χ0v) is 14.5. The summed E-state index contributed by atoms with van der Waals surface area (Å²) in [4.78, 5) is 28.5. The van der Waals surface area contributed by atoms with Crippen LogP contribution in [0.5, 0.6) is 0 Å². The lowest BCUT2D eigenvalue weighted by Gasteiger charge is -2.32. The summed E-state index contributed by atoms with van der Waals surface area (Å²) in [6.45, 7) is 5.05. The van der Waals surface area contributed by atoms with Gasteiger partial charge in [-0.15, -0.1) is 0 Å². The molecule has 2 aliphatic rings. The summed E-state index contributed by atoms with van der Waals surface area (Å²) in [6, 6.07) is 5.85. The molecule has 4 rings (SSSR count). The minimum atomic E-state index is -0.0221. The summed E-state index contributed by atoms with van der Waals surface area (Å²) in [5.41, 5.74) is 2.25. The molecule has 1 N–H and O–H groups in total. The Kier molecular flexibility index (Phi) is 4.78. The lowest BCUT2D eigenvalue weighted by molar-refractivity contribution is 0.203.